The number of rotatable bonds is 2. The molecule has 0 radical (unpaired) electrons. The second kappa shape index (κ2) is 11.0. The number of halogens is 4. The van der Waals surface area contributed by atoms with E-state index in [1.807, 2.05) is 0 Å². The second-order valence-corrected chi connectivity index (χ2v) is 10.2. The summed E-state index contributed by atoms with van der Waals surface area (Å²) in [6.45, 7) is 0. The number of hydrogen-bond donors (Lipinski definition) is 0. The van der Waals surface area contributed by atoms with Crippen LogP contribution in [0.4, 0.5) is 0 Å². The van der Waals surface area contributed by atoms with E-state index >= 15 is 0 Å². The van der Waals surface area contributed by atoms with Gasteiger partial charge < -0.3 is 9.11 Å². The zero-order valence-electron chi connectivity index (χ0n) is 11.9. The van der Waals surface area contributed by atoms with E-state index in [9.17, 15) is 25.9 Å². The molecule has 25 heavy (non-hydrogen) atoms. The molecule has 0 saturated heterocycles. The first-order chi connectivity index (χ1) is 10.8. The van der Waals surface area contributed by atoms with Gasteiger partial charge in [-0.25, -0.2) is 16.8 Å². The molecule has 0 aromatic heterocycles. The summed E-state index contributed by atoms with van der Waals surface area (Å²) in [5, 5.41) is 0. The summed E-state index contributed by atoms with van der Waals surface area (Å²) in [6.07, 6.45) is 0. The van der Waals surface area contributed by atoms with E-state index in [4.69, 9.17) is 0 Å². The van der Waals surface area contributed by atoms with Crippen LogP contribution < -0.4 is 0 Å². The molecule has 0 aliphatic carbocycles. The Bertz CT molecular complexity index is 884. The Kier molecular flexibility index (Phi) is 11.7. The third-order valence-electron chi connectivity index (χ3n) is 2.36. The van der Waals surface area contributed by atoms with Crippen LogP contribution in [0.25, 0.3) is 0 Å². The van der Waals surface area contributed by atoms with E-state index in [0.717, 1.165) is 0 Å². The normalized spacial score (nSPS) is 11.1. The summed E-state index contributed by atoms with van der Waals surface area (Å²) < 4.78 is 65.5. The second-order valence-electron chi connectivity index (χ2n) is 4.06. The van der Waals surface area contributed by atoms with Gasteiger partial charge in [0.25, 0.3) is 0 Å². The van der Waals surface area contributed by atoms with Crippen LogP contribution in [0.1, 0.15) is 0 Å². The van der Waals surface area contributed by atoms with Gasteiger partial charge in [0.1, 0.15) is 20.2 Å². The fraction of sp³-hybridized carbons (Fsp3) is 0. The van der Waals surface area contributed by atoms with E-state index in [-0.39, 0.29) is 55.3 Å². The largest absolute Gasteiger partial charge is 2.00 e. The molecule has 0 saturated carbocycles. The van der Waals surface area contributed by atoms with Crippen molar-refractivity contribution < 1.29 is 25.9 Å². The molecular weight excluding hydrogens is 711 g/mol. The van der Waals surface area contributed by atoms with Gasteiger partial charge in [-0.2, -0.15) is 0 Å². The Hall–Kier alpha value is 1.66. The van der Waals surface area contributed by atoms with Crippen LogP contribution in [0, 0.1) is 0 Å². The molecule has 0 N–H and O–H groups in total. The number of hydrogen-bond acceptors (Lipinski definition) is 6. The van der Waals surface area contributed by atoms with E-state index in [1.54, 1.807) is 0 Å². The third kappa shape index (κ3) is 9.13. The molecule has 2 aromatic carbocycles. The molecule has 0 bridgehead atoms. The minimum Gasteiger partial charge on any atom is -0.744 e. The monoisotopic (exact) mass is 714 g/mol. The molecule has 0 heterocycles. The van der Waals surface area contributed by atoms with Gasteiger partial charge in [-0.1, -0.05) is 0 Å². The molecule has 0 aliphatic rings. The third-order valence-corrected chi connectivity index (χ3v) is 7.78. The van der Waals surface area contributed by atoms with Crippen molar-refractivity contribution in [3.63, 3.8) is 0 Å². The first kappa shape index (κ1) is 26.7. The minimum atomic E-state index is -4.34. The summed E-state index contributed by atoms with van der Waals surface area (Å²) >= 11 is 12.5. The quantitative estimate of drug-likeness (QED) is 0.345. The Balaban J connectivity index is 0.000000443. The predicted molar refractivity (Wildman–Crippen MR) is 105 cm³/mol. The van der Waals surface area contributed by atoms with Crippen LogP contribution >= 0.6 is 63.7 Å². The van der Waals surface area contributed by atoms with Gasteiger partial charge in [0.2, 0.25) is 0 Å². The van der Waals surface area contributed by atoms with Gasteiger partial charge in [0.05, 0.1) is 9.79 Å². The van der Waals surface area contributed by atoms with Crippen LogP contribution in [0.3, 0.4) is 0 Å². The van der Waals surface area contributed by atoms with Crippen molar-refractivity contribution in [2.45, 2.75) is 9.79 Å². The average Bonchev–Trinajstić information content (AvgIpc) is 2.43. The zero-order valence-corrected chi connectivity index (χ0v) is 23.4. The standard InChI is InChI=1S/2C6H4Br2O3S.Sr/c2*7-5-2-1-4(3-6(5)8)12(9,10)11;/h2*1-3H,(H,9,10,11);/q;;+2/p-2. The predicted octanol–water partition coefficient (Wildman–Crippen LogP) is 3.85. The fourth-order valence-corrected chi connectivity index (χ4v) is 3.81. The van der Waals surface area contributed by atoms with E-state index in [0.29, 0.717) is 17.9 Å². The minimum absolute atomic E-state index is 0. The maximum absolute atomic E-state index is 10.5. The van der Waals surface area contributed by atoms with Gasteiger partial charge in [0.15, 0.2) is 0 Å². The molecule has 2 aromatic rings. The van der Waals surface area contributed by atoms with E-state index in [1.165, 1.54) is 36.4 Å². The maximum Gasteiger partial charge on any atom is 2.00 e. The number of benzene rings is 2. The van der Waals surface area contributed by atoms with Crippen LogP contribution in [-0.4, -0.2) is 71.4 Å². The van der Waals surface area contributed by atoms with Crippen molar-refractivity contribution >= 4 is 129 Å². The summed E-state index contributed by atoms with van der Waals surface area (Å²) in [4.78, 5) is -0.477. The van der Waals surface area contributed by atoms with Gasteiger partial charge in [-0.3, -0.25) is 0 Å². The molecule has 0 amide bonds. The molecular formula is C12H6Br4O6S2Sr. The van der Waals surface area contributed by atoms with Gasteiger partial charge in [0, 0.05) is 17.9 Å². The maximum atomic E-state index is 10.5. The Morgan fingerprint density at radius 1 is 0.600 bits per heavy atom. The van der Waals surface area contributed by atoms with Crippen LogP contribution in [-0.2, 0) is 20.2 Å². The molecule has 6 nitrogen and oxygen atoms in total. The van der Waals surface area contributed by atoms with Crippen molar-refractivity contribution in [3.05, 3.63) is 54.3 Å². The topological polar surface area (TPSA) is 114 Å². The fourth-order valence-electron chi connectivity index (χ4n) is 1.26. The van der Waals surface area contributed by atoms with Gasteiger partial charge in [-0.15, -0.1) is 0 Å². The van der Waals surface area contributed by atoms with Crippen LogP contribution in [0.15, 0.2) is 64.1 Å². The Labute approximate surface area is 216 Å². The van der Waals surface area contributed by atoms with Crippen LogP contribution in [0.2, 0.25) is 0 Å². The molecule has 0 unspecified atom stereocenters. The van der Waals surface area contributed by atoms with Crippen molar-refractivity contribution in [2.24, 2.45) is 0 Å². The summed E-state index contributed by atoms with van der Waals surface area (Å²) in [7, 11) is -8.69. The summed E-state index contributed by atoms with van der Waals surface area (Å²) in [5.74, 6) is 0. The van der Waals surface area contributed by atoms with Gasteiger partial charge >= 0.3 is 45.5 Å². The first-order valence-electron chi connectivity index (χ1n) is 5.64. The molecule has 0 spiro atoms. The molecule has 2 rings (SSSR count). The average molecular weight is 718 g/mol. The SMILES string of the molecule is O=S(=O)([O-])c1ccc(Br)c(Br)c1.O=S(=O)([O-])c1ccc(Br)c(Br)c1.[Sr+2]. The molecule has 0 fully saturated rings. The Morgan fingerprint density at radius 3 is 1.08 bits per heavy atom. The smallest absolute Gasteiger partial charge is 0.744 e. The molecule has 0 aliphatic heterocycles. The zero-order chi connectivity index (χ0) is 18.7. The molecule has 13 heteroatoms. The van der Waals surface area contributed by atoms with Crippen LogP contribution in [0.5, 0.6) is 0 Å². The van der Waals surface area contributed by atoms with Gasteiger partial charge in [-0.05, 0) is 100 Å². The van der Waals surface area contributed by atoms with E-state index < -0.39 is 20.2 Å². The summed E-state index contributed by atoms with van der Waals surface area (Å²) in [6, 6.07) is 8.00. The summed E-state index contributed by atoms with van der Waals surface area (Å²) in [5.41, 5.74) is 0. The van der Waals surface area contributed by atoms with Crippen molar-refractivity contribution in [1.82, 2.24) is 0 Å². The first-order valence-corrected chi connectivity index (χ1v) is 11.6. The Morgan fingerprint density at radius 2 is 0.880 bits per heavy atom. The van der Waals surface area contributed by atoms with Crippen molar-refractivity contribution in [1.29, 1.82) is 0 Å². The van der Waals surface area contributed by atoms with Crippen molar-refractivity contribution in [3.8, 4) is 0 Å². The molecule has 132 valence electrons. The van der Waals surface area contributed by atoms with E-state index in [2.05, 4.69) is 63.7 Å². The molecule has 0 atom stereocenters. The van der Waals surface area contributed by atoms with Crippen molar-refractivity contribution in [2.75, 3.05) is 0 Å².